The molecule has 126 valence electrons. The van der Waals surface area contributed by atoms with Gasteiger partial charge < -0.3 is 21.3 Å². The van der Waals surface area contributed by atoms with Crippen LogP contribution in [0.25, 0.3) is 0 Å². The Hall–Kier alpha value is -2.24. The fraction of sp³-hybridized carbons (Fsp3) is 0.529. The number of primary amides is 1. The molecule has 1 aromatic carbocycles. The summed E-state index contributed by atoms with van der Waals surface area (Å²) in [6.07, 6.45) is 2.46. The highest BCUT2D eigenvalue weighted by molar-refractivity contribution is 5.97. The van der Waals surface area contributed by atoms with Gasteiger partial charge in [0.05, 0.1) is 0 Å². The maximum absolute atomic E-state index is 12.4. The zero-order chi connectivity index (χ0) is 17.0. The number of amides is 3. The van der Waals surface area contributed by atoms with Gasteiger partial charge in [-0.15, -0.1) is 0 Å². The third-order valence-electron chi connectivity index (χ3n) is 4.19. The minimum absolute atomic E-state index is 0.0494. The molecule has 0 spiro atoms. The van der Waals surface area contributed by atoms with Gasteiger partial charge >= 0.3 is 6.03 Å². The van der Waals surface area contributed by atoms with Crippen LogP contribution in [0.5, 0.6) is 0 Å². The molecule has 3 amide bonds. The van der Waals surface area contributed by atoms with Gasteiger partial charge in [0, 0.05) is 24.5 Å². The average Bonchev–Trinajstić information content (AvgIpc) is 3.00. The molecule has 1 atom stereocenters. The Morgan fingerprint density at radius 1 is 1.22 bits per heavy atom. The van der Waals surface area contributed by atoms with Crippen molar-refractivity contribution in [3.63, 3.8) is 0 Å². The molecule has 4 N–H and O–H groups in total. The van der Waals surface area contributed by atoms with E-state index in [1.165, 1.54) is 18.5 Å². The zero-order valence-electron chi connectivity index (χ0n) is 14.1. The first-order valence-corrected chi connectivity index (χ1v) is 8.11. The van der Waals surface area contributed by atoms with Crippen molar-refractivity contribution in [3.8, 4) is 0 Å². The highest BCUT2D eigenvalue weighted by atomic mass is 16.2. The Kier molecular flexibility index (Phi) is 5.47. The van der Waals surface area contributed by atoms with Crippen molar-refractivity contribution in [3.05, 3.63) is 23.8 Å². The second-order valence-electron chi connectivity index (χ2n) is 6.41. The van der Waals surface area contributed by atoms with E-state index in [-0.39, 0.29) is 11.8 Å². The molecule has 1 heterocycles. The number of nitrogens with two attached hydrogens (primary N) is 1. The molecule has 1 aliphatic rings. The van der Waals surface area contributed by atoms with Crippen LogP contribution in [-0.2, 0) is 4.79 Å². The van der Waals surface area contributed by atoms with E-state index in [1.807, 2.05) is 32.9 Å². The van der Waals surface area contributed by atoms with Gasteiger partial charge in [0.2, 0.25) is 5.91 Å². The molecule has 0 bridgehead atoms. The summed E-state index contributed by atoms with van der Waals surface area (Å²) < 4.78 is 0. The van der Waals surface area contributed by atoms with Crippen LogP contribution in [-0.4, -0.2) is 31.1 Å². The number of aryl methyl sites for hydroxylation is 1. The molecule has 6 heteroatoms. The Labute approximate surface area is 137 Å². The van der Waals surface area contributed by atoms with Crippen molar-refractivity contribution in [1.29, 1.82) is 0 Å². The molecular formula is C17H26N4O2. The van der Waals surface area contributed by atoms with E-state index in [0.29, 0.717) is 0 Å². The van der Waals surface area contributed by atoms with Gasteiger partial charge in [0.25, 0.3) is 0 Å². The molecule has 1 fully saturated rings. The minimum atomic E-state index is -0.694. The van der Waals surface area contributed by atoms with Gasteiger partial charge in [-0.05, 0) is 49.4 Å². The van der Waals surface area contributed by atoms with E-state index in [4.69, 9.17) is 5.73 Å². The van der Waals surface area contributed by atoms with E-state index in [2.05, 4.69) is 21.6 Å². The standard InChI is InChI=1S/C17H26N4O2/c1-11(2)15(20-17(18)23)16(22)19-14-7-6-13(10-12(14)3)21-8-4-5-9-21/h6-7,10-11,15H,4-5,8-9H2,1-3H3,(H,19,22)(H3,18,20,23)/t15-/m1/s1. The number of nitrogens with zero attached hydrogens (tertiary/aromatic N) is 1. The van der Waals surface area contributed by atoms with Crippen LogP contribution in [0.2, 0.25) is 0 Å². The van der Waals surface area contributed by atoms with E-state index >= 15 is 0 Å². The Balaban J connectivity index is 2.09. The molecule has 6 nitrogen and oxygen atoms in total. The van der Waals surface area contributed by atoms with Crippen LogP contribution in [0.1, 0.15) is 32.3 Å². The van der Waals surface area contributed by atoms with Crippen LogP contribution >= 0.6 is 0 Å². The van der Waals surface area contributed by atoms with Gasteiger partial charge in [0.1, 0.15) is 6.04 Å². The molecule has 2 rings (SSSR count). The van der Waals surface area contributed by atoms with Gasteiger partial charge in [-0.1, -0.05) is 13.8 Å². The van der Waals surface area contributed by atoms with Crippen LogP contribution in [0.4, 0.5) is 16.2 Å². The predicted octanol–water partition coefficient (Wildman–Crippen LogP) is 2.23. The Morgan fingerprint density at radius 2 is 1.87 bits per heavy atom. The summed E-state index contributed by atoms with van der Waals surface area (Å²) in [7, 11) is 0. The summed E-state index contributed by atoms with van der Waals surface area (Å²) >= 11 is 0. The lowest BCUT2D eigenvalue weighted by atomic mass is 10.0. The van der Waals surface area contributed by atoms with E-state index in [9.17, 15) is 9.59 Å². The SMILES string of the molecule is Cc1cc(N2CCCC2)ccc1NC(=O)[C@H](NC(N)=O)C(C)C. The molecular weight excluding hydrogens is 292 g/mol. The number of rotatable bonds is 5. The van der Waals surface area contributed by atoms with Crippen LogP contribution in [0.15, 0.2) is 18.2 Å². The third-order valence-corrected chi connectivity index (χ3v) is 4.19. The van der Waals surface area contributed by atoms with Crippen LogP contribution < -0.4 is 21.3 Å². The van der Waals surface area contributed by atoms with Crippen molar-refractivity contribution in [2.24, 2.45) is 11.7 Å². The summed E-state index contributed by atoms with van der Waals surface area (Å²) in [4.78, 5) is 25.8. The van der Waals surface area contributed by atoms with Gasteiger partial charge in [-0.25, -0.2) is 4.79 Å². The number of nitrogens with one attached hydrogen (secondary N) is 2. The van der Waals surface area contributed by atoms with E-state index in [1.54, 1.807) is 0 Å². The highest BCUT2D eigenvalue weighted by Gasteiger charge is 2.24. The first-order valence-electron chi connectivity index (χ1n) is 8.11. The molecule has 0 aliphatic carbocycles. The Bertz CT molecular complexity index is 580. The largest absolute Gasteiger partial charge is 0.372 e. The fourth-order valence-electron chi connectivity index (χ4n) is 2.86. The quantitative estimate of drug-likeness (QED) is 0.778. The van der Waals surface area contributed by atoms with Gasteiger partial charge in [0.15, 0.2) is 0 Å². The number of anilines is 2. The third kappa shape index (κ3) is 4.37. The smallest absolute Gasteiger partial charge is 0.312 e. The second-order valence-corrected chi connectivity index (χ2v) is 6.41. The molecule has 0 radical (unpaired) electrons. The van der Waals surface area contributed by atoms with Crippen LogP contribution in [0.3, 0.4) is 0 Å². The fourth-order valence-corrected chi connectivity index (χ4v) is 2.86. The summed E-state index contributed by atoms with van der Waals surface area (Å²) in [6.45, 7) is 7.88. The molecule has 0 unspecified atom stereocenters. The van der Waals surface area contributed by atoms with Crippen molar-refractivity contribution in [1.82, 2.24) is 5.32 Å². The van der Waals surface area contributed by atoms with Crippen LogP contribution in [0, 0.1) is 12.8 Å². The zero-order valence-corrected chi connectivity index (χ0v) is 14.1. The predicted molar refractivity (Wildman–Crippen MR) is 92.6 cm³/mol. The van der Waals surface area contributed by atoms with E-state index in [0.717, 1.165) is 24.3 Å². The number of hydrogen-bond acceptors (Lipinski definition) is 3. The summed E-state index contributed by atoms with van der Waals surface area (Å²) in [5, 5.41) is 5.38. The summed E-state index contributed by atoms with van der Waals surface area (Å²) in [6, 6.07) is 4.69. The van der Waals surface area contributed by atoms with Crippen molar-refractivity contribution in [2.45, 2.75) is 39.7 Å². The number of carbonyl (C=O) groups is 2. The first-order chi connectivity index (χ1) is 10.9. The van der Waals surface area contributed by atoms with Gasteiger partial charge in [-0.3, -0.25) is 4.79 Å². The molecule has 1 aliphatic heterocycles. The minimum Gasteiger partial charge on any atom is -0.372 e. The number of carbonyl (C=O) groups excluding carboxylic acids is 2. The summed E-state index contributed by atoms with van der Waals surface area (Å²) in [5.74, 6) is -0.303. The molecule has 0 aromatic heterocycles. The maximum atomic E-state index is 12.4. The number of urea groups is 1. The average molecular weight is 318 g/mol. The number of hydrogen-bond donors (Lipinski definition) is 3. The normalized spacial score (nSPS) is 15.6. The molecule has 1 aromatic rings. The lowest BCUT2D eigenvalue weighted by Crippen LogP contribution is -2.49. The van der Waals surface area contributed by atoms with E-state index < -0.39 is 12.1 Å². The molecule has 23 heavy (non-hydrogen) atoms. The second kappa shape index (κ2) is 7.35. The lowest BCUT2D eigenvalue weighted by molar-refractivity contribution is -0.118. The monoisotopic (exact) mass is 318 g/mol. The van der Waals surface area contributed by atoms with Crippen molar-refractivity contribution >= 4 is 23.3 Å². The summed E-state index contributed by atoms with van der Waals surface area (Å²) in [5.41, 5.74) is 8.10. The van der Waals surface area contributed by atoms with Gasteiger partial charge in [-0.2, -0.15) is 0 Å². The topological polar surface area (TPSA) is 87.5 Å². The lowest BCUT2D eigenvalue weighted by Gasteiger charge is -2.22. The molecule has 1 saturated heterocycles. The molecule has 0 saturated carbocycles. The first kappa shape index (κ1) is 17.1. The van der Waals surface area contributed by atoms with Crippen molar-refractivity contribution in [2.75, 3.05) is 23.3 Å². The van der Waals surface area contributed by atoms with Crippen molar-refractivity contribution < 1.29 is 9.59 Å². The maximum Gasteiger partial charge on any atom is 0.312 e. The number of benzene rings is 1. The highest BCUT2D eigenvalue weighted by Crippen LogP contribution is 2.25. The Morgan fingerprint density at radius 3 is 2.39 bits per heavy atom.